The van der Waals surface area contributed by atoms with Crippen LogP contribution in [0.25, 0.3) is 5.65 Å². The number of nitrogens with zero attached hydrogens (tertiary/aromatic N) is 5. The highest BCUT2D eigenvalue weighted by atomic mass is 16.2. The van der Waals surface area contributed by atoms with E-state index in [4.69, 9.17) is 0 Å². The van der Waals surface area contributed by atoms with Gasteiger partial charge in [-0.25, -0.2) is 9.50 Å². The zero-order valence-corrected chi connectivity index (χ0v) is 15.7. The van der Waals surface area contributed by atoms with Crippen molar-refractivity contribution in [2.24, 2.45) is 0 Å². The first-order chi connectivity index (χ1) is 12.6. The van der Waals surface area contributed by atoms with Crippen molar-refractivity contribution >= 4 is 11.6 Å². The normalized spacial score (nSPS) is 28.5. The highest BCUT2D eigenvalue weighted by Crippen LogP contribution is 2.44. The third-order valence-electron chi connectivity index (χ3n) is 6.65. The van der Waals surface area contributed by atoms with Crippen LogP contribution in [0.2, 0.25) is 0 Å². The summed E-state index contributed by atoms with van der Waals surface area (Å²) in [4.78, 5) is 22.4. The summed E-state index contributed by atoms with van der Waals surface area (Å²) in [6.45, 7) is 3.13. The van der Waals surface area contributed by atoms with Gasteiger partial charge in [0.25, 0.3) is 0 Å². The number of rotatable bonds is 2. The first-order valence-corrected chi connectivity index (χ1v) is 9.97. The SMILES string of the molecule is Cc1cc2ncc3c(n2n1)C[C@H]1CC[C@@H]3N1C(=O)C[C@@H]1CCCCN1C. The van der Waals surface area contributed by atoms with E-state index >= 15 is 0 Å². The molecule has 2 saturated heterocycles. The largest absolute Gasteiger partial charge is 0.332 e. The van der Waals surface area contributed by atoms with Gasteiger partial charge in [0.2, 0.25) is 5.91 Å². The lowest BCUT2D eigenvalue weighted by Crippen LogP contribution is -2.46. The topological polar surface area (TPSA) is 53.7 Å². The molecule has 0 saturated carbocycles. The molecule has 2 fully saturated rings. The second-order valence-electron chi connectivity index (χ2n) is 8.30. The van der Waals surface area contributed by atoms with E-state index in [0.29, 0.717) is 24.4 Å². The summed E-state index contributed by atoms with van der Waals surface area (Å²) in [5.74, 6) is 0.332. The highest BCUT2D eigenvalue weighted by molar-refractivity contribution is 5.78. The van der Waals surface area contributed by atoms with E-state index in [2.05, 4.69) is 26.9 Å². The molecule has 3 atom stereocenters. The molecule has 2 aromatic rings. The lowest BCUT2D eigenvalue weighted by atomic mass is 9.96. The summed E-state index contributed by atoms with van der Waals surface area (Å²) in [6.07, 6.45) is 9.35. The van der Waals surface area contributed by atoms with Crippen LogP contribution in [0.5, 0.6) is 0 Å². The molecule has 5 heterocycles. The molecule has 26 heavy (non-hydrogen) atoms. The standard InChI is InChI=1S/C20H27N5O/c1-13-9-19-21-12-16-17-7-6-15(10-18(16)25(19)22-13)24(17)20(26)11-14-5-3-4-8-23(14)2/h9,12,14-15,17H,3-8,10-11H2,1-2H3/t14-,15+,17-/m0/s1. The van der Waals surface area contributed by atoms with Gasteiger partial charge in [-0.15, -0.1) is 0 Å². The molecule has 6 nitrogen and oxygen atoms in total. The summed E-state index contributed by atoms with van der Waals surface area (Å²) < 4.78 is 2.01. The van der Waals surface area contributed by atoms with Crippen LogP contribution in [-0.4, -0.2) is 56.0 Å². The molecule has 0 aliphatic carbocycles. The van der Waals surface area contributed by atoms with Gasteiger partial charge in [0.1, 0.15) is 0 Å². The van der Waals surface area contributed by atoms with E-state index in [0.717, 1.165) is 43.6 Å². The smallest absolute Gasteiger partial charge is 0.224 e. The van der Waals surface area contributed by atoms with Crippen molar-refractivity contribution in [3.05, 3.63) is 29.2 Å². The molecule has 5 rings (SSSR count). The van der Waals surface area contributed by atoms with Crippen molar-refractivity contribution in [1.29, 1.82) is 0 Å². The molecule has 6 heteroatoms. The van der Waals surface area contributed by atoms with E-state index in [1.54, 1.807) is 0 Å². The van der Waals surface area contributed by atoms with Crippen LogP contribution in [0.1, 0.15) is 61.5 Å². The average molecular weight is 353 g/mol. The number of piperidine rings is 1. The lowest BCUT2D eigenvalue weighted by Gasteiger charge is -2.39. The van der Waals surface area contributed by atoms with Gasteiger partial charge in [-0.05, 0) is 46.2 Å². The van der Waals surface area contributed by atoms with Gasteiger partial charge in [-0.1, -0.05) is 6.42 Å². The third-order valence-corrected chi connectivity index (χ3v) is 6.65. The third kappa shape index (κ3) is 2.46. The number of aryl methyl sites for hydroxylation is 1. The van der Waals surface area contributed by atoms with Crippen molar-refractivity contribution < 1.29 is 4.79 Å². The van der Waals surface area contributed by atoms with E-state index in [-0.39, 0.29) is 6.04 Å². The molecule has 2 aromatic heterocycles. The van der Waals surface area contributed by atoms with Gasteiger partial charge in [-0.3, -0.25) is 4.79 Å². The zero-order chi connectivity index (χ0) is 17.8. The van der Waals surface area contributed by atoms with Gasteiger partial charge in [0.05, 0.1) is 17.4 Å². The summed E-state index contributed by atoms with van der Waals surface area (Å²) in [7, 11) is 2.16. The molecule has 0 N–H and O–H groups in total. The number of aromatic nitrogens is 3. The van der Waals surface area contributed by atoms with Gasteiger partial charge in [0.15, 0.2) is 5.65 Å². The minimum absolute atomic E-state index is 0.187. The quantitative estimate of drug-likeness (QED) is 0.832. The van der Waals surface area contributed by atoms with Crippen LogP contribution in [0.4, 0.5) is 0 Å². The van der Waals surface area contributed by atoms with Crippen LogP contribution in [0, 0.1) is 6.92 Å². The van der Waals surface area contributed by atoms with E-state index in [1.807, 2.05) is 23.7 Å². The van der Waals surface area contributed by atoms with Gasteiger partial charge in [-0.2, -0.15) is 5.10 Å². The first-order valence-electron chi connectivity index (χ1n) is 9.97. The van der Waals surface area contributed by atoms with Crippen molar-refractivity contribution in [2.45, 2.75) is 70.0 Å². The summed E-state index contributed by atoms with van der Waals surface area (Å²) in [5.41, 5.74) is 4.38. The Morgan fingerprint density at radius 2 is 2.15 bits per heavy atom. The van der Waals surface area contributed by atoms with Crippen molar-refractivity contribution in [2.75, 3.05) is 13.6 Å². The minimum atomic E-state index is 0.187. The number of hydrogen-bond donors (Lipinski definition) is 0. The lowest BCUT2D eigenvalue weighted by molar-refractivity contribution is -0.136. The Morgan fingerprint density at radius 1 is 1.27 bits per heavy atom. The Morgan fingerprint density at radius 3 is 3.00 bits per heavy atom. The number of likely N-dealkylation sites (tertiary alicyclic amines) is 1. The number of hydrogen-bond acceptors (Lipinski definition) is 4. The molecule has 2 bridgehead atoms. The first kappa shape index (κ1) is 16.2. The maximum Gasteiger partial charge on any atom is 0.224 e. The van der Waals surface area contributed by atoms with E-state index in [9.17, 15) is 4.79 Å². The zero-order valence-electron chi connectivity index (χ0n) is 15.7. The van der Waals surface area contributed by atoms with Crippen molar-refractivity contribution in [3.8, 4) is 0 Å². The Hall–Kier alpha value is -1.95. The molecule has 0 aromatic carbocycles. The summed E-state index contributed by atoms with van der Waals surface area (Å²) in [5, 5.41) is 4.64. The van der Waals surface area contributed by atoms with Gasteiger partial charge < -0.3 is 9.80 Å². The highest BCUT2D eigenvalue weighted by Gasteiger charge is 2.44. The maximum atomic E-state index is 13.2. The van der Waals surface area contributed by atoms with E-state index in [1.165, 1.54) is 24.1 Å². The van der Waals surface area contributed by atoms with Crippen LogP contribution < -0.4 is 0 Å². The molecular formula is C20H27N5O. The minimum Gasteiger partial charge on any atom is -0.332 e. The predicted octanol–water partition coefficient (Wildman–Crippen LogP) is 2.50. The summed E-state index contributed by atoms with van der Waals surface area (Å²) >= 11 is 0. The molecule has 0 unspecified atom stereocenters. The Balaban J connectivity index is 1.44. The van der Waals surface area contributed by atoms with Crippen molar-refractivity contribution in [1.82, 2.24) is 24.4 Å². The molecule has 138 valence electrons. The fourth-order valence-corrected chi connectivity index (χ4v) is 5.29. The van der Waals surface area contributed by atoms with E-state index < -0.39 is 0 Å². The Kier molecular flexibility index (Phi) is 3.78. The Labute approximate surface area is 154 Å². The summed E-state index contributed by atoms with van der Waals surface area (Å²) in [6, 6.07) is 2.94. The number of fused-ring (bicyclic) bond motifs is 6. The van der Waals surface area contributed by atoms with Gasteiger partial charge in [0, 0.05) is 42.8 Å². The van der Waals surface area contributed by atoms with Gasteiger partial charge >= 0.3 is 0 Å². The van der Waals surface area contributed by atoms with Crippen LogP contribution in [0.3, 0.4) is 0 Å². The molecule has 3 aliphatic rings. The van der Waals surface area contributed by atoms with Crippen molar-refractivity contribution in [3.63, 3.8) is 0 Å². The second kappa shape index (κ2) is 6.05. The fourth-order valence-electron chi connectivity index (χ4n) is 5.29. The molecule has 1 amide bonds. The second-order valence-corrected chi connectivity index (χ2v) is 8.30. The molecular weight excluding hydrogens is 326 g/mol. The number of carbonyl (C=O) groups excluding carboxylic acids is 1. The molecule has 0 spiro atoms. The van der Waals surface area contributed by atoms with Crippen LogP contribution in [-0.2, 0) is 11.2 Å². The maximum absolute atomic E-state index is 13.2. The fraction of sp³-hybridized carbons (Fsp3) is 0.650. The monoisotopic (exact) mass is 353 g/mol. The number of amides is 1. The van der Waals surface area contributed by atoms with Crippen LogP contribution in [0.15, 0.2) is 12.3 Å². The average Bonchev–Trinajstić information content (AvgIpc) is 3.16. The number of carbonyl (C=O) groups is 1. The van der Waals surface area contributed by atoms with Crippen LogP contribution >= 0.6 is 0 Å². The Bertz CT molecular complexity index is 859. The molecule has 3 aliphatic heterocycles. The predicted molar refractivity (Wildman–Crippen MR) is 98.9 cm³/mol. The molecule has 0 radical (unpaired) electrons.